The van der Waals surface area contributed by atoms with Crippen molar-refractivity contribution in [1.82, 2.24) is 19.1 Å². The Kier molecular flexibility index (Phi) is 6.70. The number of methoxy groups -OCH3 is 1. The van der Waals surface area contributed by atoms with Gasteiger partial charge in [-0.3, -0.25) is 13.9 Å². The fourth-order valence-electron chi connectivity index (χ4n) is 4.23. The third-order valence-corrected chi connectivity index (χ3v) is 5.86. The lowest BCUT2D eigenvalue weighted by molar-refractivity contribution is 0.195. The van der Waals surface area contributed by atoms with Gasteiger partial charge in [0.15, 0.2) is 11.2 Å². The number of fused-ring (bicyclic) bond motifs is 2. The Labute approximate surface area is 192 Å². The van der Waals surface area contributed by atoms with Gasteiger partial charge in [0.2, 0.25) is 0 Å². The Morgan fingerprint density at radius 1 is 1.00 bits per heavy atom. The highest BCUT2D eigenvalue weighted by atomic mass is 16.5. The largest absolute Gasteiger partial charge is 0.385 e. The van der Waals surface area contributed by atoms with E-state index in [-0.39, 0.29) is 17.1 Å². The molecule has 0 saturated carbocycles. The molecule has 0 aliphatic heterocycles. The lowest BCUT2D eigenvalue weighted by Crippen LogP contribution is -2.40. The summed E-state index contributed by atoms with van der Waals surface area (Å²) in [5.41, 5.74) is 2.54. The molecule has 0 bridgehead atoms. The first-order valence-corrected chi connectivity index (χ1v) is 11.4. The van der Waals surface area contributed by atoms with E-state index >= 15 is 0 Å². The molecule has 33 heavy (non-hydrogen) atoms. The van der Waals surface area contributed by atoms with E-state index in [1.165, 1.54) is 7.05 Å². The number of aryl methyl sites for hydroxylation is 1. The fraction of sp³-hybridized carbons (Fsp3) is 0.385. The highest BCUT2D eigenvalue weighted by Gasteiger charge is 2.19. The van der Waals surface area contributed by atoms with Crippen LogP contribution in [0.5, 0.6) is 0 Å². The molecule has 0 aliphatic rings. The molecular formula is C26H30N4O3. The number of aromatic nitrogens is 4. The number of benzene rings is 2. The molecule has 7 heteroatoms. The summed E-state index contributed by atoms with van der Waals surface area (Å²) in [4.78, 5) is 35.6. The van der Waals surface area contributed by atoms with Crippen molar-refractivity contribution in [3.05, 3.63) is 80.3 Å². The summed E-state index contributed by atoms with van der Waals surface area (Å²) in [6, 6.07) is 14.5. The van der Waals surface area contributed by atoms with Gasteiger partial charge in [-0.05, 0) is 35.1 Å². The molecule has 0 atom stereocenters. The van der Waals surface area contributed by atoms with Gasteiger partial charge in [0.05, 0.1) is 11.4 Å². The van der Waals surface area contributed by atoms with Crippen LogP contribution in [0.3, 0.4) is 0 Å². The van der Waals surface area contributed by atoms with Gasteiger partial charge < -0.3 is 4.74 Å². The lowest BCUT2D eigenvalue weighted by Gasteiger charge is -2.16. The minimum Gasteiger partial charge on any atom is -0.385 e. The summed E-state index contributed by atoms with van der Waals surface area (Å²) in [7, 11) is 3.17. The zero-order valence-corrected chi connectivity index (χ0v) is 19.7. The van der Waals surface area contributed by atoms with Crippen molar-refractivity contribution in [3.8, 4) is 0 Å². The molecular weight excluding hydrogens is 416 g/mol. The van der Waals surface area contributed by atoms with Crippen LogP contribution in [-0.2, 0) is 31.2 Å². The Morgan fingerprint density at radius 2 is 1.76 bits per heavy atom. The molecule has 4 aromatic rings. The number of hydrogen-bond donors (Lipinski definition) is 0. The highest BCUT2D eigenvalue weighted by molar-refractivity contribution is 5.86. The molecule has 0 spiro atoms. The van der Waals surface area contributed by atoms with E-state index in [0.29, 0.717) is 31.6 Å². The van der Waals surface area contributed by atoms with E-state index in [4.69, 9.17) is 14.7 Å². The number of rotatable bonds is 8. The molecule has 0 unspecified atom stereocenters. The fourth-order valence-corrected chi connectivity index (χ4v) is 4.23. The zero-order chi connectivity index (χ0) is 23.5. The molecule has 0 fully saturated rings. The second kappa shape index (κ2) is 9.67. The van der Waals surface area contributed by atoms with E-state index in [9.17, 15) is 9.59 Å². The predicted molar refractivity (Wildman–Crippen MR) is 131 cm³/mol. The minimum absolute atomic E-state index is 0.216. The van der Waals surface area contributed by atoms with Gasteiger partial charge in [0, 0.05) is 33.7 Å². The van der Waals surface area contributed by atoms with Crippen LogP contribution in [-0.4, -0.2) is 32.8 Å². The molecule has 0 amide bonds. The van der Waals surface area contributed by atoms with Crippen LogP contribution in [0.15, 0.2) is 52.1 Å². The van der Waals surface area contributed by atoms with Crippen molar-refractivity contribution < 1.29 is 4.74 Å². The average Bonchev–Trinajstić information content (AvgIpc) is 2.81. The maximum atomic E-state index is 12.9. The molecule has 2 aromatic carbocycles. The van der Waals surface area contributed by atoms with Crippen LogP contribution in [0.25, 0.3) is 21.9 Å². The third kappa shape index (κ3) is 4.59. The summed E-state index contributed by atoms with van der Waals surface area (Å²) in [6.07, 6.45) is 1.98. The van der Waals surface area contributed by atoms with Crippen LogP contribution < -0.4 is 11.2 Å². The quantitative estimate of drug-likeness (QED) is 0.387. The van der Waals surface area contributed by atoms with Crippen molar-refractivity contribution in [3.63, 3.8) is 0 Å². The van der Waals surface area contributed by atoms with E-state index in [1.54, 1.807) is 11.7 Å². The number of ether oxygens (including phenoxy) is 1. The lowest BCUT2D eigenvalue weighted by atomic mass is 9.99. The second-order valence-corrected chi connectivity index (χ2v) is 8.85. The normalized spacial score (nSPS) is 11.7. The van der Waals surface area contributed by atoms with Crippen molar-refractivity contribution >= 4 is 21.9 Å². The van der Waals surface area contributed by atoms with Gasteiger partial charge in [0.1, 0.15) is 0 Å². The van der Waals surface area contributed by atoms with Crippen molar-refractivity contribution in [1.29, 1.82) is 0 Å². The molecule has 7 nitrogen and oxygen atoms in total. The van der Waals surface area contributed by atoms with Gasteiger partial charge in [0.25, 0.3) is 5.56 Å². The second-order valence-electron chi connectivity index (χ2n) is 8.85. The Balaban J connectivity index is 1.94. The highest BCUT2D eigenvalue weighted by Crippen LogP contribution is 2.23. The van der Waals surface area contributed by atoms with Crippen LogP contribution in [0.1, 0.15) is 37.2 Å². The molecule has 0 N–H and O–H groups in total. The number of hydrogen-bond acceptors (Lipinski definition) is 5. The Morgan fingerprint density at radius 3 is 2.52 bits per heavy atom. The van der Waals surface area contributed by atoms with E-state index < -0.39 is 5.56 Å². The maximum Gasteiger partial charge on any atom is 0.332 e. The van der Waals surface area contributed by atoms with Crippen LogP contribution >= 0.6 is 0 Å². The molecule has 172 valence electrons. The Hall–Kier alpha value is -3.32. The average molecular weight is 447 g/mol. The predicted octanol–water partition coefficient (Wildman–Crippen LogP) is 3.47. The van der Waals surface area contributed by atoms with Gasteiger partial charge in [-0.1, -0.05) is 56.3 Å². The Bertz CT molecular complexity index is 1410. The van der Waals surface area contributed by atoms with E-state index in [2.05, 4.69) is 24.3 Å². The topological polar surface area (TPSA) is 79.0 Å². The molecule has 0 saturated heterocycles. The first kappa shape index (κ1) is 22.9. The first-order valence-electron chi connectivity index (χ1n) is 11.4. The van der Waals surface area contributed by atoms with Crippen molar-refractivity contribution in [2.75, 3.05) is 13.7 Å². The summed E-state index contributed by atoms with van der Waals surface area (Å²) in [6.45, 7) is 5.13. The van der Waals surface area contributed by atoms with Crippen LogP contribution in [0.4, 0.5) is 0 Å². The van der Waals surface area contributed by atoms with Gasteiger partial charge in [-0.15, -0.1) is 0 Å². The maximum absolute atomic E-state index is 12.9. The molecule has 0 radical (unpaired) electrons. The van der Waals surface area contributed by atoms with Gasteiger partial charge >= 0.3 is 5.69 Å². The standard InChI is InChI=1S/C26H30N4O3/c1-17(2)16-30-24-23(25(31)29(3)26(30)32)27-21(13-8-14-33-4)22(28-24)15-19-11-7-10-18-9-5-6-12-20(18)19/h5-7,9-12,17H,8,13-16H2,1-4H3. The van der Waals surface area contributed by atoms with Crippen molar-refractivity contribution in [2.45, 2.75) is 39.7 Å². The minimum atomic E-state index is -0.410. The van der Waals surface area contributed by atoms with Gasteiger partial charge in [-0.2, -0.15) is 0 Å². The van der Waals surface area contributed by atoms with Crippen LogP contribution in [0, 0.1) is 5.92 Å². The molecule has 0 aliphatic carbocycles. The zero-order valence-electron chi connectivity index (χ0n) is 19.7. The van der Waals surface area contributed by atoms with E-state index in [0.717, 1.165) is 38.7 Å². The third-order valence-electron chi connectivity index (χ3n) is 5.86. The number of nitrogens with zero attached hydrogens (tertiary/aromatic N) is 4. The summed E-state index contributed by atoms with van der Waals surface area (Å²) in [5.74, 6) is 0.216. The summed E-state index contributed by atoms with van der Waals surface area (Å²) < 4.78 is 7.94. The van der Waals surface area contributed by atoms with Gasteiger partial charge in [-0.25, -0.2) is 14.8 Å². The monoisotopic (exact) mass is 446 g/mol. The smallest absolute Gasteiger partial charge is 0.332 e. The molecule has 2 aromatic heterocycles. The molecule has 4 rings (SSSR count). The van der Waals surface area contributed by atoms with Crippen LogP contribution in [0.2, 0.25) is 0 Å². The van der Waals surface area contributed by atoms with E-state index in [1.807, 2.05) is 32.0 Å². The summed E-state index contributed by atoms with van der Waals surface area (Å²) >= 11 is 0. The first-order chi connectivity index (χ1) is 15.9. The summed E-state index contributed by atoms with van der Waals surface area (Å²) in [5, 5.41) is 2.32. The molecule has 2 heterocycles. The SMILES string of the molecule is COCCCc1nc2c(=O)n(C)c(=O)n(CC(C)C)c2nc1Cc1cccc2ccccc12. The van der Waals surface area contributed by atoms with Crippen molar-refractivity contribution in [2.24, 2.45) is 13.0 Å².